The molecule has 0 radical (unpaired) electrons. The number of carbonyl (C=O) groups excluding carboxylic acids is 1. The monoisotopic (exact) mass is 294 g/mol. The first-order valence-corrected chi connectivity index (χ1v) is 7.58. The lowest BCUT2D eigenvalue weighted by atomic mass is 9.99. The maximum Gasteiger partial charge on any atom is 0.179 e. The Morgan fingerprint density at radius 1 is 1.19 bits per heavy atom. The van der Waals surface area contributed by atoms with Gasteiger partial charge in [0.2, 0.25) is 0 Å². The summed E-state index contributed by atoms with van der Waals surface area (Å²) in [6, 6.07) is 3.67. The highest BCUT2D eigenvalue weighted by atomic mass is 19.1. The molecular formula is C16H20F2N2O. The lowest BCUT2D eigenvalue weighted by molar-refractivity contribution is 0.0468. The molecule has 0 saturated carbocycles. The number of ketones is 1. The first-order chi connectivity index (χ1) is 10.1. The van der Waals surface area contributed by atoms with Crippen molar-refractivity contribution < 1.29 is 13.6 Å². The first kappa shape index (κ1) is 14.6. The average molecular weight is 294 g/mol. The van der Waals surface area contributed by atoms with Crippen LogP contribution in [0.3, 0.4) is 0 Å². The molecule has 2 aliphatic rings. The van der Waals surface area contributed by atoms with Gasteiger partial charge in [-0.2, -0.15) is 0 Å². The Morgan fingerprint density at radius 2 is 2.05 bits per heavy atom. The summed E-state index contributed by atoms with van der Waals surface area (Å²) in [5.41, 5.74) is -0.0116. The molecule has 2 fully saturated rings. The summed E-state index contributed by atoms with van der Waals surface area (Å²) in [5.74, 6) is -1.69. The molecular weight excluding hydrogens is 274 g/mol. The number of carbonyl (C=O) groups is 1. The molecule has 3 rings (SSSR count). The largest absolute Gasteiger partial charge is 0.298 e. The van der Waals surface area contributed by atoms with Crippen LogP contribution in [0.15, 0.2) is 18.2 Å². The van der Waals surface area contributed by atoms with Crippen LogP contribution in [0.4, 0.5) is 8.78 Å². The fourth-order valence-corrected chi connectivity index (χ4v) is 3.37. The smallest absolute Gasteiger partial charge is 0.179 e. The minimum Gasteiger partial charge on any atom is -0.298 e. The van der Waals surface area contributed by atoms with E-state index in [-0.39, 0.29) is 17.9 Å². The molecule has 3 nitrogen and oxygen atoms in total. The molecule has 0 spiro atoms. The van der Waals surface area contributed by atoms with E-state index in [9.17, 15) is 13.6 Å². The Hall–Kier alpha value is -1.33. The number of rotatable bonds is 3. The number of piperazine rings is 1. The number of fused-ring (bicyclic) bond motifs is 1. The molecule has 1 aromatic rings. The zero-order valence-electron chi connectivity index (χ0n) is 12.0. The second kappa shape index (κ2) is 6.20. The summed E-state index contributed by atoms with van der Waals surface area (Å²) >= 11 is 0. The van der Waals surface area contributed by atoms with Gasteiger partial charge in [0, 0.05) is 31.7 Å². The van der Waals surface area contributed by atoms with Crippen molar-refractivity contribution in [3.8, 4) is 0 Å². The van der Waals surface area contributed by atoms with Crippen LogP contribution in [0.2, 0.25) is 0 Å². The van der Waals surface area contributed by atoms with Crippen LogP contribution >= 0.6 is 0 Å². The molecule has 1 aromatic carbocycles. The van der Waals surface area contributed by atoms with Crippen LogP contribution in [0, 0.1) is 11.6 Å². The van der Waals surface area contributed by atoms with Gasteiger partial charge in [-0.25, -0.2) is 8.78 Å². The molecule has 1 unspecified atom stereocenters. The minimum absolute atomic E-state index is 0.0116. The summed E-state index contributed by atoms with van der Waals surface area (Å²) < 4.78 is 26.5. The highest BCUT2D eigenvalue weighted by Gasteiger charge is 2.29. The molecule has 2 saturated heterocycles. The summed E-state index contributed by atoms with van der Waals surface area (Å²) in [7, 11) is 0. The maximum atomic E-state index is 13.6. The zero-order chi connectivity index (χ0) is 14.8. The Kier molecular flexibility index (Phi) is 4.31. The summed E-state index contributed by atoms with van der Waals surface area (Å²) in [6.45, 7) is 4.05. The molecule has 114 valence electrons. The molecule has 5 heteroatoms. The van der Waals surface area contributed by atoms with Crippen molar-refractivity contribution in [2.75, 3.05) is 32.7 Å². The number of hydrogen-bond donors (Lipinski definition) is 0. The zero-order valence-corrected chi connectivity index (χ0v) is 12.0. The molecule has 21 heavy (non-hydrogen) atoms. The second-order valence-electron chi connectivity index (χ2n) is 5.97. The van der Waals surface area contributed by atoms with E-state index in [0.29, 0.717) is 6.04 Å². The molecule has 0 amide bonds. The highest BCUT2D eigenvalue weighted by molar-refractivity contribution is 5.97. The number of hydrogen-bond acceptors (Lipinski definition) is 3. The maximum absolute atomic E-state index is 13.6. The van der Waals surface area contributed by atoms with Crippen molar-refractivity contribution >= 4 is 5.78 Å². The van der Waals surface area contributed by atoms with Crippen molar-refractivity contribution in [1.82, 2.24) is 9.80 Å². The predicted octanol–water partition coefficient (Wildman–Crippen LogP) is 2.32. The Labute approximate surface area is 123 Å². The lowest BCUT2D eigenvalue weighted by Crippen LogP contribution is -2.55. The van der Waals surface area contributed by atoms with E-state index in [0.717, 1.165) is 38.3 Å². The van der Waals surface area contributed by atoms with E-state index in [1.54, 1.807) is 0 Å². The van der Waals surface area contributed by atoms with Crippen molar-refractivity contribution in [2.45, 2.75) is 25.3 Å². The fraction of sp³-hybridized carbons (Fsp3) is 0.562. The van der Waals surface area contributed by atoms with E-state index in [4.69, 9.17) is 0 Å². The first-order valence-electron chi connectivity index (χ1n) is 7.58. The van der Waals surface area contributed by atoms with Gasteiger partial charge in [-0.05, 0) is 31.5 Å². The Balaban J connectivity index is 1.62. The molecule has 0 N–H and O–H groups in total. The third kappa shape index (κ3) is 3.30. The van der Waals surface area contributed by atoms with Gasteiger partial charge in [-0.3, -0.25) is 14.6 Å². The third-order valence-corrected chi connectivity index (χ3v) is 4.52. The van der Waals surface area contributed by atoms with Gasteiger partial charge in [-0.1, -0.05) is 6.42 Å². The van der Waals surface area contributed by atoms with Crippen LogP contribution in [0.1, 0.15) is 29.6 Å². The Morgan fingerprint density at radius 3 is 2.86 bits per heavy atom. The standard InChI is InChI=1S/C16H20F2N2O/c17-12-4-5-14(15(18)9-12)16(21)11-19-7-8-20-6-2-1-3-13(20)10-19/h4-5,9,13H,1-3,6-8,10-11H2. The van der Waals surface area contributed by atoms with Crippen molar-refractivity contribution in [3.05, 3.63) is 35.4 Å². The van der Waals surface area contributed by atoms with Gasteiger partial charge in [-0.15, -0.1) is 0 Å². The highest BCUT2D eigenvalue weighted by Crippen LogP contribution is 2.21. The number of piperidine rings is 1. The van der Waals surface area contributed by atoms with Gasteiger partial charge in [0.25, 0.3) is 0 Å². The van der Waals surface area contributed by atoms with Crippen LogP contribution in [-0.2, 0) is 0 Å². The number of halogens is 2. The SMILES string of the molecule is O=C(CN1CCN2CCCCC2C1)c1ccc(F)cc1F. The van der Waals surface area contributed by atoms with Crippen molar-refractivity contribution in [2.24, 2.45) is 0 Å². The number of Topliss-reactive ketones (excluding diaryl/α,β-unsaturated/α-hetero) is 1. The molecule has 2 heterocycles. The van der Waals surface area contributed by atoms with Gasteiger partial charge in [0.05, 0.1) is 12.1 Å². The normalized spacial score (nSPS) is 23.8. The topological polar surface area (TPSA) is 23.6 Å². The van der Waals surface area contributed by atoms with E-state index in [1.807, 2.05) is 0 Å². The van der Waals surface area contributed by atoms with E-state index in [2.05, 4.69) is 9.80 Å². The van der Waals surface area contributed by atoms with Crippen LogP contribution in [-0.4, -0.2) is 54.3 Å². The average Bonchev–Trinajstić information content (AvgIpc) is 2.47. The summed E-state index contributed by atoms with van der Waals surface area (Å²) in [5, 5.41) is 0. The van der Waals surface area contributed by atoms with Crippen LogP contribution in [0.5, 0.6) is 0 Å². The Bertz CT molecular complexity index is 535. The molecule has 2 aliphatic heterocycles. The van der Waals surface area contributed by atoms with Crippen LogP contribution < -0.4 is 0 Å². The molecule has 0 bridgehead atoms. The van der Waals surface area contributed by atoms with Crippen molar-refractivity contribution in [1.29, 1.82) is 0 Å². The quantitative estimate of drug-likeness (QED) is 0.799. The molecule has 0 aliphatic carbocycles. The lowest BCUT2D eigenvalue weighted by Gasteiger charge is -2.43. The molecule has 0 aromatic heterocycles. The van der Waals surface area contributed by atoms with E-state index >= 15 is 0 Å². The van der Waals surface area contributed by atoms with Gasteiger partial charge in [0.1, 0.15) is 11.6 Å². The molecule has 1 atom stereocenters. The van der Waals surface area contributed by atoms with E-state index < -0.39 is 11.6 Å². The number of benzene rings is 1. The third-order valence-electron chi connectivity index (χ3n) is 4.52. The summed E-state index contributed by atoms with van der Waals surface area (Å²) in [6.07, 6.45) is 3.68. The van der Waals surface area contributed by atoms with Gasteiger partial charge >= 0.3 is 0 Å². The minimum atomic E-state index is -0.767. The predicted molar refractivity (Wildman–Crippen MR) is 76.3 cm³/mol. The van der Waals surface area contributed by atoms with Gasteiger partial charge < -0.3 is 0 Å². The van der Waals surface area contributed by atoms with Crippen LogP contribution in [0.25, 0.3) is 0 Å². The number of nitrogens with zero attached hydrogens (tertiary/aromatic N) is 2. The van der Waals surface area contributed by atoms with Gasteiger partial charge in [0.15, 0.2) is 5.78 Å². The van der Waals surface area contributed by atoms with E-state index in [1.165, 1.54) is 25.3 Å². The fourth-order valence-electron chi connectivity index (χ4n) is 3.37. The van der Waals surface area contributed by atoms with Crippen molar-refractivity contribution in [3.63, 3.8) is 0 Å². The second-order valence-corrected chi connectivity index (χ2v) is 5.97. The summed E-state index contributed by atoms with van der Waals surface area (Å²) in [4.78, 5) is 16.8.